The Bertz CT molecular complexity index is 1050. The van der Waals surface area contributed by atoms with Gasteiger partial charge in [0, 0.05) is 0 Å². The van der Waals surface area contributed by atoms with Crippen LogP contribution < -0.4 is 19.7 Å². The van der Waals surface area contributed by atoms with E-state index in [1.807, 2.05) is 26.0 Å². The van der Waals surface area contributed by atoms with Crippen molar-refractivity contribution in [2.24, 2.45) is 0 Å². The standard InChI is InChI=1S/C22H21BrN2O5/c1-4-14-8-6-7-9-17(14)25-21(27)15(20(26)24-22(25)28)10-13-11-16(23)19(30-5-2)18(12-13)29-3/h6-12H,4-5H2,1-3H3,(H,24,26,28). The summed E-state index contributed by atoms with van der Waals surface area (Å²) in [5.41, 5.74) is 1.66. The van der Waals surface area contributed by atoms with Crippen molar-refractivity contribution >= 4 is 45.5 Å². The lowest BCUT2D eigenvalue weighted by molar-refractivity contribution is -0.122. The molecule has 8 heteroatoms. The summed E-state index contributed by atoms with van der Waals surface area (Å²) in [6.07, 6.45) is 2.05. The lowest BCUT2D eigenvalue weighted by Crippen LogP contribution is -2.54. The van der Waals surface area contributed by atoms with Gasteiger partial charge in [0.1, 0.15) is 5.57 Å². The molecule has 1 N–H and O–H groups in total. The second kappa shape index (κ2) is 9.13. The minimum atomic E-state index is -0.770. The fourth-order valence-electron chi connectivity index (χ4n) is 3.18. The van der Waals surface area contributed by atoms with Gasteiger partial charge < -0.3 is 9.47 Å². The van der Waals surface area contributed by atoms with Crippen molar-refractivity contribution in [3.05, 3.63) is 57.6 Å². The van der Waals surface area contributed by atoms with Crippen molar-refractivity contribution in [1.29, 1.82) is 0 Å². The molecule has 2 aromatic rings. The van der Waals surface area contributed by atoms with Gasteiger partial charge in [-0.3, -0.25) is 14.9 Å². The molecule has 30 heavy (non-hydrogen) atoms. The van der Waals surface area contributed by atoms with Gasteiger partial charge in [0.25, 0.3) is 11.8 Å². The Kier molecular flexibility index (Phi) is 6.56. The van der Waals surface area contributed by atoms with Gasteiger partial charge in [-0.1, -0.05) is 25.1 Å². The average Bonchev–Trinajstić information content (AvgIpc) is 2.73. The third-order valence-electron chi connectivity index (χ3n) is 4.57. The van der Waals surface area contributed by atoms with Crippen LogP contribution in [-0.2, 0) is 16.0 Å². The summed E-state index contributed by atoms with van der Waals surface area (Å²) in [6.45, 7) is 4.23. The van der Waals surface area contributed by atoms with E-state index in [1.54, 1.807) is 24.3 Å². The summed E-state index contributed by atoms with van der Waals surface area (Å²) in [6, 6.07) is 9.69. The first kappa shape index (κ1) is 21.6. The molecule has 4 amide bonds. The molecule has 0 aromatic heterocycles. The Morgan fingerprint density at radius 1 is 1.13 bits per heavy atom. The highest BCUT2D eigenvalue weighted by Crippen LogP contribution is 2.37. The van der Waals surface area contributed by atoms with E-state index in [0.29, 0.717) is 40.3 Å². The second-order valence-corrected chi connectivity index (χ2v) is 7.26. The van der Waals surface area contributed by atoms with E-state index < -0.39 is 17.8 Å². The van der Waals surface area contributed by atoms with Crippen LogP contribution in [0.25, 0.3) is 6.08 Å². The summed E-state index contributed by atoms with van der Waals surface area (Å²) < 4.78 is 11.5. The number of urea groups is 1. The van der Waals surface area contributed by atoms with Gasteiger partial charge in [-0.15, -0.1) is 0 Å². The number of aryl methyl sites for hydroxylation is 1. The number of nitrogens with zero attached hydrogens (tertiary/aromatic N) is 1. The van der Waals surface area contributed by atoms with Crippen LogP contribution in [0.4, 0.5) is 10.5 Å². The first-order chi connectivity index (χ1) is 14.4. The number of amides is 4. The van der Waals surface area contributed by atoms with Crippen LogP contribution in [0.5, 0.6) is 11.5 Å². The Hall–Kier alpha value is -3.13. The summed E-state index contributed by atoms with van der Waals surface area (Å²) >= 11 is 3.43. The Labute approximate surface area is 182 Å². The van der Waals surface area contributed by atoms with E-state index in [0.717, 1.165) is 10.5 Å². The number of barbiturate groups is 1. The van der Waals surface area contributed by atoms with Crippen molar-refractivity contribution in [2.45, 2.75) is 20.3 Å². The predicted molar refractivity (Wildman–Crippen MR) is 117 cm³/mol. The molecule has 1 aliphatic rings. The van der Waals surface area contributed by atoms with Crippen molar-refractivity contribution in [3.63, 3.8) is 0 Å². The highest BCUT2D eigenvalue weighted by Gasteiger charge is 2.37. The molecule has 0 aliphatic carbocycles. The normalized spacial score (nSPS) is 15.4. The SMILES string of the molecule is CCOc1c(Br)cc(C=C2C(=O)NC(=O)N(c3ccccc3CC)C2=O)cc1OC. The van der Waals surface area contributed by atoms with E-state index in [9.17, 15) is 14.4 Å². The van der Waals surface area contributed by atoms with Crippen LogP contribution in [0.15, 0.2) is 46.4 Å². The summed E-state index contributed by atoms with van der Waals surface area (Å²) in [5, 5.41) is 2.25. The monoisotopic (exact) mass is 472 g/mol. The lowest BCUT2D eigenvalue weighted by atomic mass is 10.0. The highest BCUT2D eigenvalue weighted by atomic mass is 79.9. The molecule has 2 aromatic carbocycles. The molecule has 1 fully saturated rings. The van der Waals surface area contributed by atoms with Crippen LogP contribution >= 0.6 is 15.9 Å². The molecular weight excluding hydrogens is 452 g/mol. The zero-order valence-electron chi connectivity index (χ0n) is 16.8. The van der Waals surface area contributed by atoms with Crippen molar-refractivity contribution in [2.75, 3.05) is 18.6 Å². The van der Waals surface area contributed by atoms with Gasteiger partial charge >= 0.3 is 6.03 Å². The average molecular weight is 473 g/mol. The molecule has 0 spiro atoms. The number of rotatable bonds is 6. The van der Waals surface area contributed by atoms with Gasteiger partial charge in [0.05, 0.1) is 23.9 Å². The molecule has 3 rings (SSSR count). The molecule has 0 atom stereocenters. The number of benzene rings is 2. The van der Waals surface area contributed by atoms with Gasteiger partial charge in [0.2, 0.25) is 0 Å². The van der Waals surface area contributed by atoms with Gasteiger partial charge in [-0.25, -0.2) is 9.69 Å². The van der Waals surface area contributed by atoms with E-state index in [1.165, 1.54) is 13.2 Å². The molecule has 1 saturated heterocycles. The van der Waals surface area contributed by atoms with Crippen LogP contribution in [0.2, 0.25) is 0 Å². The Morgan fingerprint density at radius 2 is 1.87 bits per heavy atom. The quantitative estimate of drug-likeness (QED) is 0.505. The fourth-order valence-corrected chi connectivity index (χ4v) is 3.75. The lowest BCUT2D eigenvalue weighted by Gasteiger charge is -2.28. The molecule has 7 nitrogen and oxygen atoms in total. The van der Waals surface area contributed by atoms with E-state index >= 15 is 0 Å². The molecule has 0 bridgehead atoms. The Morgan fingerprint density at radius 3 is 2.53 bits per heavy atom. The molecule has 0 saturated carbocycles. The number of carbonyl (C=O) groups is 3. The number of carbonyl (C=O) groups excluding carboxylic acids is 3. The van der Waals surface area contributed by atoms with Crippen LogP contribution in [0.1, 0.15) is 25.0 Å². The summed E-state index contributed by atoms with van der Waals surface area (Å²) in [4.78, 5) is 39.0. The minimum absolute atomic E-state index is 0.154. The maximum Gasteiger partial charge on any atom is 0.335 e. The number of nitrogens with one attached hydrogen (secondary N) is 1. The number of ether oxygens (including phenoxy) is 2. The van der Waals surface area contributed by atoms with E-state index in [4.69, 9.17) is 9.47 Å². The number of imide groups is 2. The van der Waals surface area contributed by atoms with Crippen molar-refractivity contribution in [1.82, 2.24) is 5.32 Å². The number of hydrogen-bond donors (Lipinski definition) is 1. The number of para-hydroxylation sites is 1. The first-order valence-electron chi connectivity index (χ1n) is 9.40. The third kappa shape index (κ3) is 4.09. The van der Waals surface area contributed by atoms with Crippen LogP contribution in [0.3, 0.4) is 0 Å². The largest absolute Gasteiger partial charge is 0.493 e. The first-order valence-corrected chi connectivity index (χ1v) is 10.2. The van der Waals surface area contributed by atoms with Gasteiger partial charge in [-0.05, 0) is 64.7 Å². The van der Waals surface area contributed by atoms with Crippen molar-refractivity contribution < 1.29 is 23.9 Å². The van der Waals surface area contributed by atoms with E-state index in [2.05, 4.69) is 21.2 Å². The maximum absolute atomic E-state index is 13.1. The highest BCUT2D eigenvalue weighted by molar-refractivity contribution is 9.10. The second-order valence-electron chi connectivity index (χ2n) is 6.41. The maximum atomic E-state index is 13.1. The fraction of sp³-hybridized carbons (Fsp3) is 0.227. The molecule has 156 valence electrons. The minimum Gasteiger partial charge on any atom is -0.493 e. The zero-order chi connectivity index (χ0) is 21.8. The van der Waals surface area contributed by atoms with Crippen LogP contribution in [-0.4, -0.2) is 31.6 Å². The Balaban J connectivity index is 2.06. The zero-order valence-corrected chi connectivity index (χ0v) is 18.4. The molecular formula is C22H21BrN2O5. The third-order valence-corrected chi connectivity index (χ3v) is 5.16. The number of halogens is 1. The number of methoxy groups -OCH3 is 1. The number of anilines is 1. The van der Waals surface area contributed by atoms with Gasteiger partial charge in [-0.2, -0.15) is 0 Å². The summed E-state index contributed by atoms with van der Waals surface area (Å²) in [5.74, 6) is -0.464. The smallest absolute Gasteiger partial charge is 0.335 e. The summed E-state index contributed by atoms with van der Waals surface area (Å²) in [7, 11) is 1.50. The van der Waals surface area contributed by atoms with Crippen molar-refractivity contribution in [3.8, 4) is 11.5 Å². The topological polar surface area (TPSA) is 84.9 Å². The molecule has 1 aliphatic heterocycles. The molecule has 1 heterocycles. The number of hydrogen-bond acceptors (Lipinski definition) is 5. The van der Waals surface area contributed by atoms with Gasteiger partial charge in [0.15, 0.2) is 11.5 Å². The van der Waals surface area contributed by atoms with E-state index in [-0.39, 0.29) is 5.57 Å². The molecule has 0 radical (unpaired) electrons. The van der Waals surface area contributed by atoms with Crippen LogP contribution in [0, 0.1) is 0 Å². The molecule has 0 unspecified atom stereocenters. The predicted octanol–water partition coefficient (Wildman–Crippen LogP) is 4.09.